The van der Waals surface area contributed by atoms with Gasteiger partial charge in [-0.15, -0.1) is 0 Å². The minimum absolute atomic E-state index is 0.112. The van der Waals surface area contributed by atoms with Gasteiger partial charge in [0.1, 0.15) is 5.82 Å². The van der Waals surface area contributed by atoms with E-state index in [1.165, 1.54) is 4.90 Å². The Hall–Kier alpha value is -4.26. The van der Waals surface area contributed by atoms with Crippen LogP contribution in [0.2, 0.25) is 0 Å². The fourth-order valence-corrected chi connectivity index (χ4v) is 4.54. The van der Waals surface area contributed by atoms with Crippen molar-refractivity contribution in [3.63, 3.8) is 0 Å². The summed E-state index contributed by atoms with van der Waals surface area (Å²) in [5.41, 5.74) is 4.72. The van der Waals surface area contributed by atoms with Gasteiger partial charge in [-0.3, -0.25) is 14.4 Å². The van der Waals surface area contributed by atoms with Gasteiger partial charge in [-0.05, 0) is 35.8 Å². The molecule has 1 N–H and O–H groups in total. The van der Waals surface area contributed by atoms with Gasteiger partial charge in [0.15, 0.2) is 11.3 Å². The van der Waals surface area contributed by atoms with Gasteiger partial charge in [-0.1, -0.05) is 48.5 Å². The average molecular weight is 453 g/mol. The quantitative estimate of drug-likeness (QED) is 0.469. The van der Waals surface area contributed by atoms with Crippen molar-refractivity contribution in [1.29, 1.82) is 0 Å². The number of nitrogens with one attached hydrogen (secondary N) is 1. The Morgan fingerprint density at radius 3 is 2.53 bits per heavy atom. The first-order chi connectivity index (χ1) is 16.3. The molecule has 0 bridgehead atoms. The molecule has 2 aromatic carbocycles. The Morgan fingerprint density at radius 1 is 1.06 bits per heavy atom. The van der Waals surface area contributed by atoms with Crippen LogP contribution in [0.1, 0.15) is 38.8 Å². The van der Waals surface area contributed by atoms with Gasteiger partial charge in [-0.25, -0.2) is 4.98 Å². The second-order valence-electron chi connectivity index (χ2n) is 8.71. The number of rotatable bonds is 5. The van der Waals surface area contributed by atoms with Crippen molar-refractivity contribution in [3.05, 3.63) is 105 Å². The highest BCUT2D eigenvalue weighted by Gasteiger charge is 2.36. The smallest absolute Gasteiger partial charge is 0.276 e. The van der Waals surface area contributed by atoms with Gasteiger partial charge in [0.05, 0.1) is 11.4 Å². The molecule has 2 aromatic heterocycles. The van der Waals surface area contributed by atoms with E-state index in [-0.39, 0.29) is 17.2 Å². The Kier molecular flexibility index (Phi) is 5.24. The third kappa shape index (κ3) is 3.55. The maximum absolute atomic E-state index is 13.5. The number of aromatic amines is 1. The molecule has 1 amide bonds. The van der Waals surface area contributed by atoms with Crippen molar-refractivity contribution < 1.29 is 9.59 Å². The Balaban J connectivity index is 1.44. The SMILES string of the molecule is Cc1nc2c(=O)[nH]ccc2n1Cc1ccc(C(=O)C2=Cc3ccccc3C2C(=O)N(C)C)cc1. The van der Waals surface area contributed by atoms with E-state index in [0.717, 1.165) is 28.0 Å². The van der Waals surface area contributed by atoms with Gasteiger partial charge in [-0.2, -0.15) is 0 Å². The minimum atomic E-state index is -0.601. The highest BCUT2D eigenvalue weighted by molar-refractivity contribution is 6.17. The van der Waals surface area contributed by atoms with Crippen molar-refractivity contribution >= 4 is 28.8 Å². The highest BCUT2D eigenvalue weighted by atomic mass is 16.2. The van der Waals surface area contributed by atoms with Gasteiger partial charge in [0.2, 0.25) is 5.91 Å². The van der Waals surface area contributed by atoms with Crippen LogP contribution in [0.15, 0.2) is 71.2 Å². The maximum atomic E-state index is 13.5. The summed E-state index contributed by atoms with van der Waals surface area (Å²) in [6.45, 7) is 2.39. The number of amides is 1. The molecule has 1 unspecified atom stereocenters. The fraction of sp³-hybridized carbons (Fsp3) is 0.185. The number of ketones is 1. The maximum Gasteiger partial charge on any atom is 0.276 e. The molecule has 1 aliphatic rings. The molecule has 2 heterocycles. The Labute approximate surface area is 196 Å². The lowest BCUT2D eigenvalue weighted by Gasteiger charge is -2.20. The van der Waals surface area contributed by atoms with Crippen molar-refractivity contribution in [3.8, 4) is 0 Å². The molecule has 7 heteroatoms. The molecule has 1 atom stereocenters. The number of H-pyrrole nitrogens is 1. The van der Waals surface area contributed by atoms with Gasteiger partial charge in [0.25, 0.3) is 5.56 Å². The number of pyridine rings is 1. The van der Waals surface area contributed by atoms with Crippen molar-refractivity contribution in [1.82, 2.24) is 19.4 Å². The number of hydrogen-bond acceptors (Lipinski definition) is 4. The number of carbonyl (C=O) groups excluding carboxylic acids is 2. The van der Waals surface area contributed by atoms with E-state index in [1.807, 2.05) is 60.0 Å². The molecule has 0 spiro atoms. The number of fused-ring (bicyclic) bond motifs is 2. The molecule has 0 saturated carbocycles. The lowest BCUT2D eigenvalue weighted by Crippen LogP contribution is -2.30. The summed E-state index contributed by atoms with van der Waals surface area (Å²) in [5, 5.41) is 0. The number of aryl methyl sites for hydroxylation is 1. The largest absolute Gasteiger partial charge is 0.348 e. The molecule has 0 aliphatic heterocycles. The summed E-state index contributed by atoms with van der Waals surface area (Å²) in [4.78, 5) is 47.0. The number of carbonyl (C=O) groups is 2. The first kappa shape index (κ1) is 21.6. The molecule has 0 fully saturated rings. The zero-order chi connectivity index (χ0) is 24.0. The number of imidazole rings is 1. The van der Waals surface area contributed by atoms with Gasteiger partial charge < -0.3 is 14.5 Å². The topological polar surface area (TPSA) is 88.1 Å². The van der Waals surface area contributed by atoms with Crippen LogP contribution in [0, 0.1) is 6.92 Å². The molecule has 34 heavy (non-hydrogen) atoms. The van der Waals surface area contributed by atoms with Gasteiger partial charge in [0, 0.05) is 38.0 Å². The number of likely N-dealkylation sites (N-methyl/N-ethyl adjacent to an activating group) is 1. The van der Waals surface area contributed by atoms with Crippen LogP contribution >= 0.6 is 0 Å². The van der Waals surface area contributed by atoms with Crippen LogP contribution in [0.5, 0.6) is 0 Å². The second kappa shape index (κ2) is 8.26. The molecular formula is C27H24N4O3. The van der Waals surface area contributed by atoms with Crippen molar-refractivity contribution in [2.24, 2.45) is 0 Å². The van der Waals surface area contributed by atoms with Crippen LogP contribution in [0.3, 0.4) is 0 Å². The summed E-state index contributed by atoms with van der Waals surface area (Å²) in [7, 11) is 3.41. The van der Waals surface area contributed by atoms with E-state index in [9.17, 15) is 14.4 Å². The number of nitrogens with zero attached hydrogens (tertiary/aromatic N) is 3. The van der Waals surface area contributed by atoms with Crippen molar-refractivity contribution in [2.75, 3.05) is 14.1 Å². The predicted molar refractivity (Wildman–Crippen MR) is 131 cm³/mol. The van der Waals surface area contributed by atoms with Gasteiger partial charge >= 0.3 is 0 Å². The summed E-state index contributed by atoms with van der Waals surface area (Å²) in [5.74, 6) is -0.125. The molecular weight excluding hydrogens is 428 g/mol. The minimum Gasteiger partial charge on any atom is -0.348 e. The van der Waals surface area contributed by atoms with Crippen LogP contribution in [0.4, 0.5) is 0 Å². The summed E-state index contributed by atoms with van der Waals surface area (Å²) in [6.07, 6.45) is 3.44. The molecule has 0 radical (unpaired) electrons. The number of Topliss-reactive ketones (excluding diaryl/α,β-unsaturated/α-hetero) is 1. The molecule has 0 saturated heterocycles. The zero-order valence-corrected chi connectivity index (χ0v) is 19.2. The fourth-order valence-electron chi connectivity index (χ4n) is 4.54. The third-order valence-electron chi connectivity index (χ3n) is 6.30. The van der Waals surface area contributed by atoms with Crippen LogP contribution in [-0.2, 0) is 11.3 Å². The predicted octanol–water partition coefficient (Wildman–Crippen LogP) is 3.53. The summed E-state index contributed by atoms with van der Waals surface area (Å²) >= 11 is 0. The van der Waals surface area contributed by atoms with Crippen LogP contribution in [0.25, 0.3) is 17.1 Å². The summed E-state index contributed by atoms with van der Waals surface area (Å²) in [6, 6.07) is 16.8. The third-order valence-corrected chi connectivity index (χ3v) is 6.30. The normalized spacial score (nSPS) is 14.7. The lowest BCUT2D eigenvalue weighted by atomic mass is 9.89. The van der Waals surface area contributed by atoms with E-state index in [0.29, 0.717) is 23.2 Å². The zero-order valence-electron chi connectivity index (χ0n) is 19.2. The second-order valence-corrected chi connectivity index (χ2v) is 8.71. The Morgan fingerprint density at radius 2 is 1.79 bits per heavy atom. The molecule has 7 nitrogen and oxygen atoms in total. The number of aromatic nitrogens is 3. The first-order valence-electron chi connectivity index (χ1n) is 11.0. The van der Waals surface area contributed by atoms with E-state index >= 15 is 0 Å². The summed E-state index contributed by atoms with van der Waals surface area (Å²) < 4.78 is 1.98. The lowest BCUT2D eigenvalue weighted by molar-refractivity contribution is -0.129. The molecule has 5 rings (SSSR count). The van der Waals surface area contributed by atoms with E-state index in [4.69, 9.17) is 0 Å². The van der Waals surface area contributed by atoms with E-state index in [1.54, 1.807) is 32.4 Å². The van der Waals surface area contributed by atoms with Crippen LogP contribution < -0.4 is 5.56 Å². The highest BCUT2D eigenvalue weighted by Crippen LogP contribution is 2.39. The van der Waals surface area contributed by atoms with Crippen LogP contribution in [-0.4, -0.2) is 45.2 Å². The average Bonchev–Trinajstić information content (AvgIpc) is 3.37. The van der Waals surface area contributed by atoms with E-state index < -0.39 is 5.92 Å². The van der Waals surface area contributed by atoms with Crippen molar-refractivity contribution in [2.45, 2.75) is 19.4 Å². The first-order valence-corrected chi connectivity index (χ1v) is 11.0. The molecule has 4 aromatic rings. The van der Waals surface area contributed by atoms with E-state index in [2.05, 4.69) is 9.97 Å². The molecule has 1 aliphatic carbocycles. The monoisotopic (exact) mass is 452 g/mol. The molecule has 170 valence electrons. The standard InChI is InChI=1S/C27H24N4O3/c1-16-29-24-22(12-13-28-26(24)33)31(16)15-17-8-10-18(11-9-17)25(32)21-14-19-6-4-5-7-20(19)23(21)27(34)30(2)3/h4-14,23H,15H2,1-3H3,(H,28,33). The number of benzene rings is 2. The Bertz CT molecular complexity index is 1520. The number of hydrogen-bond donors (Lipinski definition) is 1.